The molecule has 1 amide bonds. The fourth-order valence-electron chi connectivity index (χ4n) is 1.68. The van der Waals surface area contributed by atoms with E-state index < -0.39 is 17.4 Å². The van der Waals surface area contributed by atoms with E-state index in [0.717, 1.165) is 0 Å². The minimum absolute atomic E-state index is 0.0342. The first-order valence-corrected chi connectivity index (χ1v) is 6.18. The molecule has 0 unspecified atom stereocenters. The molecule has 4 N–H and O–H groups in total. The molecule has 5 nitrogen and oxygen atoms in total. The lowest BCUT2D eigenvalue weighted by atomic mass is 9.97. The summed E-state index contributed by atoms with van der Waals surface area (Å²) in [5.74, 6) is -1.43. The SMILES string of the molecule is CC(C)(CCC(=O)O)Nc1cc(Cl)ccc1C(N)=O. The number of nitrogens with two attached hydrogens (primary N) is 1. The van der Waals surface area contributed by atoms with Crippen molar-refractivity contribution in [1.82, 2.24) is 0 Å². The lowest BCUT2D eigenvalue weighted by molar-refractivity contribution is -0.137. The molecule has 19 heavy (non-hydrogen) atoms. The summed E-state index contributed by atoms with van der Waals surface area (Å²) in [5, 5.41) is 12.3. The summed E-state index contributed by atoms with van der Waals surface area (Å²) in [4.78, 5) is 21.9. The van der Waals surface area contributed by atoms with Gasteiger partial charge in [-0.25, -0.2) is 0 Å². The van der Waals surface area contributed by atoms with Crippen LogP contribution in [0.15, 0.2) is 18.2 Å². The molecule has 1 aromatic rings. The Morgan fingerprint density at radius 1 is 1.42 bits per heavy atom. The standard InChI is InChI=1S/C13H17ClN2O3/c1-13(2,6-5-11(17)18)16-10-7-8(14)3-4-9(10)12(15)19/h3-4,7,16H,5-6H2,1-2H3,(H2,15,19)(H,17,18). The summed E-state index contributed by atoms with van der Waals surface area (Å²) < 4.78 is 0. The van der Waals surface area contributed by atoms with Crippen LogP contribution in [0.5, 0.6) is 0 Å². The van der Waals surface area contributed by atoms with Gasteiger partial charge in [-0.3, -0.25) is 9.59 Å². The molecule has 0 aromatic heterocycles. The molecular weight excluding hydrogens is 268 g/mol. The lowest BCUT2D eigenvalue weighted by Crippen LogP contribution is -2.32. The van der Waals surface area contributed by atoms with Crippen molar-refractivity contribution in [2.45, 2.75) is 32.2 Å². The summed E-state index contributed by atoms with van der Waals surface area (Å²) in [7, 11) is 0. The van der Waals surface area contributed by atoms with Crippen molar-refractivity contribution in [2.24, 2.45) is 5.73 Å². The molecule has 0 aliphatic rings. The van der Waals surface area contributed by atoms with Gasteiger partial charge in [-0.2, -0.15) is 0 Å². The minimum Gasteiger partial charge on any atom is -0.481 e. The first-order valence-electron chi connectivity index (χ1n) is 5.80. The quantitative estimate of drug-likeness (QED) is 0.748. The van der Waals surface area contributed by atoms with Gasteiger partial charge in [-0.05, 0) is 38.5 Å². The van der Waals surface area contributed by atoms with Crippen molar-refractivity contribution >= 4 is 29.2 Å². The monoisotopic (exact) mass is 284 g/mol. The van der Waals surface area contributed by atoms with Gasteiger partial charge in [0.2, 0.25) is 0 Å². The van der Waals surface area contributed by atoms with Gasteiger partial charge in [0.15, 0.2) is 0 Å². The van der Waals surface area contributed by atoms with Gasteiger partial charge in [0, 0.05) is 22.7 Å². The number of hydrogen-bond acceptors (Lipinski definition) is 3. The van der Waals surface area contributed by atoms with Crippen molar-refractivity contribution in [2.75, 3.05) is 5.32 Å². The highest BCUT2D eigenvalue weighted by molar-refractivity contribution is 6.31. The smallest absolute Gasteiger partial charge is 0.303 e. The molecule has 0 radical (unpaired) electrons. The number of carbonyl (C=O) groups is 2. The number of hydrogen-bond donors (Lipinski definition) is 3. The Labute approximate surface area is 116 Å². The van der Waals surface area contributed by atoms with Gasteiger partial charge >= 0.3 is 5.97 Å². The number of carboxylic acids is 1. The summed E-state index contributed by atoms with van der Waals surface area (Å²) in [5.41, 5.74) is 5.63. The van der Waals surface area contributed by atoms with Crippen LogP contribution in [0, 0.1) is 0 Å². The largest absolute Gasteiger partial charge is 0.481 e. The number of amides is 1. The average Bonchev–Trinajstić information content (AvgIpc) is 2.25. The van der Waals surface area contributed by atoms with Gasteiger partial charge in [0.1, 0.15) is 0 Å². The van der Waals surface area contributed by atoms with Crippen molar-refractivity contribution in [1.29, 1.82) is 0 Å². The highest BCUT2D eigenvalue weighted by Gasteiger charge is 2.21. The van der Waals surface area contributed by atoms with Crippen LogP contribution in [0.4, 0.5) is 5.69 Å². The number of rotatable bonds is 6. The lowest BCUT2D eigenvalue weighted by Gasteiger charge is -2.28. The van der Waals surface area contributed by atoms with E-state index in [1.807, 2.05) is 13.8 Å². The molecular formula is C13H17ClN2O3. The molecule has 0 bridgehead atoms. The Morgan fingerprint density at radius 3 is 2.58 bits per heavy atom. The predicted octanol–water partition coefficient (Wildman–Crippen LogP) is 2.49. The summed E-state index contributed by atoms with van der Waals surface area (Å²) in [6.45, 7) is 3.70. The fourth-order valence-corrected chi connectivity index (χ4v) is 1.85. The van der Waals surface area contributed by atoms with Crippen LogP contribution >= 0.6 is 11.6 Å². The van der Waals surface area contributed by atoms with Crippen LogP contribution in [0.1, 0.15) is 37.0 Å². The fraction of sp³-hybridized carbons (Fsp3) is 0.385. The van der Waals surface area contributed by atoms with E-state index in [9.17, 15) is 9.59 Å². The Hall–Kier alpha value is -1.75. The molecule has 0 saturated heterocycles. The van der Waals surface area contributed by atoms with Gasteiger partial charge in [-0.15, -0.1) is 0 Å². The zero-order valence-corrected chi connectivity index (χ0v) is 11.6. The summed E-state index contributed by atoms with van der Waals surface area (Å²) in [6, 6.07) is 4.72. The first-order chi connectivity index (χ1) is 8.71. The second-order valence-electron chi connectivity index (χ2n) is 4.96. The molecule has 104 valence electrons. The normalized spacial score (nSPS) is 11.1. The number of aliphatic carboxylic acids is 1. The Balaban J connectivity index is 2.94. The van der Waals surface area contributed by atoms with Crippen molar-refractivity contribution in [3.63, 3.8) is 0 Å². The summed E-state index contributed by atoms with van der Waals surface area (Å²) in [6.07, 6.45) is 0.444. The highest BCUT2D eigenvalue weighted by atomic mass is 35.5. The van der Waals surface area contributed by atoms with Crippen molar-refractivity contribution < 1.29 is 14.7 Å². The first kappa shape index (κ1) is 15.3. The van der Waals surface area contributed by atoms with Crippen molar-refractivity contribution in [3.8, 4) is 0 Å². The van der Waals surface area contributed by atoms with Crippen molar-refractivity contribution in [3.05, 3.63) is 28.8 Å². The molecule has 0 saturated carbocycles. The second kappa shape index (κ2) is 5.93. The van der Waals surface area contributed by atoms with E-state index in [1.165, 1.54) is 0 Å². The number of carboxylic acid groups (broad SMARTS) is 1. The van der Waals surface area contributed by atoms with Crippen LogP contribution in [0.3, 0.4) is 0 Å². The number of halogens is 1. The van der Waals surface area contributed by atoms with Gasteiger partial charge < -0.3 is 16.2 Å². The molecule has 1 rings (SSSR count). The predicted molar refractivity (Wildman–Crippen MR) is 74.5 cm³/mol. The zero-order valence-electron chi connectivity index (χ0n) is 10.9. The molecule has 0 fully saturated rings. The Kier molecular flexibility index (Phi) is 4.78. The average molecular weight is 285 g/mol. The molecule has 0 spiro atoms. The van der Waals surface area contributed by atoms with Gasteiger partial charge in [0.25, 0.3) is 5.91 Å². The van der Waals surface area contributed by atoms with Crippen LogP contribution in [0.25, 0.3) is 0 Å². The van der Waals surface area contributed by atoms with E-state index in [2.05, 4.69) is 5.32 Å². The number of nitrogens with one attached hydrogen (secondary N) is 1. The number of carbonyl (C=O) groups excluding carboxylic acids is 1. The van der Waals surface area contributed by atoms with E-state index in [4.69, 9.17) is 22.4 Å². The van der Waals surface area contributed by atoms with Crippen LogP contribution in [0.2, 0.25) is 5.02 Å². The minimum atomic E-state index is -0.865. The Bertz CT molecular complexity index is 501. The van der Waals surface area contributed by atoms with Crippen LogP contribution in [-0.4, -0.2) is 22.5 Å². The maximum atomic E-state index is 11.3. The highest BCUT2D eigenvalue weighted by Crippen LogP contribution is 2.26. The number of primary amides is 1. The third kappa shape index (κ3) is 4.79. The molecule has 0 heterocycles. The van der Waals surface area contributed by atoms with Gasteiger partial charge in [-0.1, -0.05) is 11.6 Å². The third-order valence-corrected chi connectivity index (χ3v) is 2.92. The Morgan fingerprint density at radius 2 is 2.05 bits per heavy atom. The topological polar surface area (TPSA) is 92.4 Å². The van der Waals surface area contributed by atoms with E-state index in [-0.39, 0.29) is 6.42 Å². The third-order valence-electron chi connectivity index (χ3n) is 2.68. The van der Waals surface area contributed by atoms with E-state index in [1.54, 1.807) is 18.2 Å². The molecule has 1 aromatic carbocycles. The molecule has 0 aliphatic carbocycles. The summed E-state index contributed by atoms with van der Waals surface area (Å²) >= 11 is 5.89. The molecule has 6 heteroatoms. The second-order valence-corrected chi connectivity index (χ2v) is 5.39. The number of benzene rings is 1. The molecule has 0 aliphatic heterocycles. The number of anilines is 1. The molecule has 0 atom stereocenters. The van der Waals surface area contributed by atoms with E-state index >= 15 is 0 Å². The zero-order chi connectivity index (χ0) is 14.6. The van der Waals surface area contributed by atoms with Crippen LogP contribution < -0.4 is 11.1 Å². The van der Waals surface area contributed by atoms with E-state index in [0.29, 0.717) is 22.7 Å². The van der Waals surface area contributed by atoms with Gasteiger partial charge in [0.05, 0.1) is 5.56 Å². The maximum Gasteiger partial charge on any atom is 0.303 e. The maximum absolute atomic E-state index is 11.3. The van der Waals surface area contributed by atoms with Crippen LogP contribution in [-0.2, 0) is 4.79 Å².